The number of allylic oxidation sites excluding steroid dienone is 1. The Labute approximate surface area is 204 Å². The molecule has 0 bridgehead atoms. The first kappa shape index (κ1) is 25.3. The minimum Gasteiger partial charge on any atom is -0.339 e. The molecular weight excluding hydrogens is 404 g/mol. The molecule has 1 amide bonds. The van der Waals surface area contributed by atoms with E-state index in [1.54, 1.807) is 0 Å². The zero-order valence-corrected chi connectivity index (χ0v) is 23.2. The lowest BCUT2D eigenvalue weighted by molar-refractivity contribution is -0.163. The third kappa shape index (κ3) is 3.83. The van der Waals surface area contributed by atoms with Crippen molar-refractivity contribution in [2.45, 2.75) is 111 Å². The highest BCUT2D eigenvalue weighted by molar-refractivity contribution is 5.88. The summed E-state index contributed by atoms with van der Waals surface area (Å²) in [5.74, 6) is 3.57. The summed E-state index contributed by atoms with van der Waals surface area (Å²) in [6, 6.07) is 1.09. The summed E-state index contributed by atoms with van der Waals surface area (Å²) in [7, 11) is 6.59. The maximum absolute atomic E-state index is 12.7. The van der Waals surface area contributed by atoms with Crippen LogP contribution in [0, 0.1) is 39.9 Å². The number of hydrogen-bond acceptors (Lipinski definition) is 2. The summed E-state index contributed by atoms with van der Waals surface area (Å²) in [6.45, 7) is 14.6. The Kier molecular flexibility index (Phi) is 6.65. The lowest BCUT2D eigenvalue weighted by atomic mass is 9.40. The lowest BCUT2D eigenvalue weighted by Gasteiger charge is -2.65. The first-order valence-electron chi connectivity index (χ1n) is 13.9. The molecule has 0 spiro atoms. The number of carbonyl (C=O) groups excluding carboxylic acids is 1. The summed E-state index contributed by atoms with van der Waals surface area (Å²) in [5, 5.41) is 0. The highest BCUT2D eigenvalue weighted by Gasteiger charge is 2.66. The highest BCUT2D eigenvalue weighted by atomic mass is 16.2. The normalized spacial score (nSPS) is 45.6. The molecule has 0 heterocycles. The van der Waals surface area contributed by atoms with E-state index in [-0.39, 0.29) is 5.91 Å². The van der Waals surface area contributed by atoms with Gasteiger partial charge in [0.25, 0.3) is 0 Å². The Morgan fingerprint density at radius 3 is 2.18 bits per heavy atom. The van der Waals surface area contributed by atoms with Gasteiger partial charge in [0.2, 0.25) is 5.91 Å². The average molecular weight is 457 g/mol. The van der Waals surface area contributed by atoms with Crippen LogP contribution in [0.25, 0.3) is 0 Å². The average Bonchev–Trinajstić information content (AvgIpc) is 3.02. The van der Waals surface area contributed by atoms with Gasteiger partial charge in [-0.05, 0) is 133 Å². The van der Waals surface area contributed by atoms with E-state index in [2.05, 4.69) is 51.6 Å². The minimum atomic E-state index is 0.199. The van der Waals surface area contributed by atoms with Crippen LogP contribution in [0.15, 0.2) is 11.6 Å². The maximum atomic E-state index is 12.7. The van der Waals surface area contributed by atoms with Gasteiger partial charge in [-0.2, -0.15) is 0 Å². The predicted octanol–water partition coefficient (Wildman–Crippen LogP) is 6.78. The van der Waals surface area contributed by atoms with E-state index in [1.165, 1.54) is 57.8 Å². The molecule has 0 N–H and O–H groups in total. The molecule has 0 aliphatic heterocycles. The molecule has 0 radical (unpaired) electrons. The van der Waals surface area contributed by atoms with E-state index in [9.17, 15) is 4.79 Å². The van der Waals surface area contributed by atoms with Gasteiger partial charge in [0.05, 0.1) is 0 Å². The molecule has 0 aromatic rings. The second kappa shape index (κ2) is 8.68. The zero-order valence-electron chi connectivity index (χ0n) is 23.2. The van der Waals surface area contributed by atoms with Gasteiger partial charge in [0.1, 0.15) is 0 Å². The van der Waals surface area contributed by atoms with Gasteiger partial charge >= 0.3 is 0 Å². The number of fused-ring (bicyclic) bond motifs is 5. The van der Waals surface area contributed by atoms with Gasteiger partial charge < -0.3 is 9.80 Å². The van der Waals surface area contributed by atoms with Crippen LogP contribution in [0.4, 0.5) is 0 Å². The Morgan fingerprint density at radius 2 is 1.55 bits per heavy atom. The third-order valence-corrected chi connectivity index (χ3v) is 12.3. The topological polar surface area (TPSA) is 23.6 Å². The van der Waals surface area contributed by atoms with E-state index >= 15 is 0 Å². The molecule has 4 aliphatic rings. The van der Waals surface area contributed by atoms with Crippen LogP contribution in [-0.2, 0) is 4.79 Å². The Balaban J connectivity index is 1.53. The summed E-state index contributed by atoms with van der Waals surface area (Å²) in [6.07, 6.45) is 14.0. The van der Waals surface area contributed by atoms with E-state index in [0.717, 1.165) is 29.2 Å². The quantitative estimate of drug-likeness (QED) is 0.435. The van der Waals surface area contributed by atoms with Crippen LogP contribution in [0.5, 0.6) is 0 Å². The van der Waals surface area contributed by atoms with Crippen molar-refractivity contribution >= 4 is 5.91 Å². The van der Waals surface area contributed by atoms with Crippen molar-refractivity contribution in [3.8, 4) is 0 Å². The van der Waals surface area contributed by atoms with Crippen molar-refractivity contribution in [3.63, 3.8) is 0 Å². The van der Waals surface area contributed by atoms with E-state index in [0.29, 0.717) is 28.3 Å². The summed E-state index contributed by atoms with van der Waals surface area (Å²) in [4.78, 5) is 17.2. The monoisotopic (exact) mass is 456 g/mol. The fraction of sp³-hybridized carbons (Fsp3) is 0.900. The molecule has 188 valence electrons. The first-order chi connectivity index (χ1) is 15.3. The van der Waals surface area contributed by atoms with E-state index in [1.807, 2.05) is 27.0 Å². The largest absolute Gasteiger partial charge is 0.339 e. The molecular formula is C30H52N2O. The van der Waals surface area contributed by atoms with Crippen molar-refractivity contribution < 1.29 is 4.79 Å². The van der Waals surface area contributed by atoms with Gasteiger partial charge in [-0.1, -0.05) is 26.3 Å². The molecule has 4 saturated carbocycles. The summed E-state index contributed by atoms with van der Waals surface area (Å²) >= 11 is 0. The molecule has 4 aliphatic carbocycles. The van der Waals surface area contributed by atoms with Crippen LogP contribution in [0.2, 0.25) is 0 Å². The van der Waals surface area contributed by atoms with Crippen molar-refractivity contribution in [2.75, 3.05) is 21.1 Å². The number of carbonyl (C=O) groups is 1. The molecule has 0 unspecified atom stereocenters. The smallest absolute Gasteiger partial charge is 0.246 e. The van der Waals surface area contributed by atoms with Crippen LogP contribution in [0.3, 0.4) is 0 Å². The van der Waals surface area contributed by atoms with Crippen LogP contribution < -0.4 is 0 Å². The minimum absolute atomic E-state index is 0.199. The summed E-state index contributed by atoms with van der Waals surface area (Å²) in [5.41, 5.74) is 2.54. The van der Waals surface area contributed by atoms with Crippen LogP contribution in [0.1, 0.15) is 99.3 Å². The zero-order chi connectivity index (χ0) is 24.3. The highest BCUT2D eigenvalue weighted by Crippen LogP contribution is 2.73. The molecule has 4 fully saturated rings. The number of likely N-dealkylation sites (N-methyl/N-ethyl adjacent to an activating group) is 1. The summed E-state index contributed by atoms with van der Waals surface area (Å²) < 4.78 is 0. The molecule has 4 rings (SSSR count). The fourth-order valence-corrected chi connectivity index (χ4v) is 9.70. The van der Waals surface area contributed by atoms with Crippen LogP contribution in [-0.4, -0.2) is 48.9 Å². The van der Waals surface area contributed by atoms with Gasteiger partial charge in [0, 0.05) is 25.2 Å². The molecule has 3 heteroatoms. The second-order valence-corrected chi connectivity index (χ2v) is 13.8. The van der Waals surface area contributed by atoms with E-state index < -0.39 is 0 Å². The van der Waals surface area contributed by atoms with Crippen molar-refractivity contribution in [2.24, 2.45) is 39.9 Å². The van der Waals surface area contributed by atoms with E-state index in [4.69, 9.17) is 0 Å². The van der Waals surface area contributed by atoms with Gasteiger partial charge in [-0.3, -0.25) is 4.79 Å². The maximum Gasteiger partial charge on any atom is 0.246 e. The molecule has 3 nitrogen and oxygen atoms in total. The predicted molar refractivity (Wildman–Crippen MR) is 139 cm³/mol. The standard InChI is InChI=1S/C30H52N2O/c1-20(2)18-27(33)32(9)23-12-15-28(4)22(19-23)10-11-26-25(28)14-17-29(5)24(21(3)31(7)8)13-16-30(26,29)6/h18,21-26H,10-17,19H2,1-9H3/t21-,22-,23+,24+,25-,26+,28-,29+,30-/m0/s1. The third-order valence-electron chi connectivity index (χ3n) is 12.3. The lowest BCUT2D eigenvalue weighted by Crippen LogP contribution is -2.59. The van der Waals surface area contributed by atoms with Crippen molar-refractivity contribution in [1.82, 2.24) is 9.80 Å². The SMILES string of the molecule is CC(C)=CC(=O)N(C)[C@@H]1CC[C@@]2(C)[C@@H](CC[C@@H]3[C@@H]2CC[C@]2(C)[C@@H]([C@H](C)N(C)C)CC[C@@]32C)C1. The molecule has 0 saturated heterocycles. The first-order valence-corrected chi connectivity index (χ1v) is 13.9. The number of amides is 1. The fourth-order valence-electron chi connectivity index (χ4n) is 9.70. The van der Waals surface area contributed by atoms with Crippen molar-refractivity contribution in [3.05, 3.63) is 11.6 Å². The number of hydrogen-bond donors (Lipinski definition) is 0. The van der Waals surface area contributed by atoms with Gasteiger partial charge in [-0.15, -0.1) is 0 Å². The van der Waals surface area contributed by atoms with Gasteiger partial charge in [-0.25, -0.2) is 0 Å². The Morgan fingerprint density at radius 1 is 0.879 bits per heavy atom. The Bertz CT molecular complexity index is 784. The molecule has 9 atom stereocenters. The number of rotatable bonds is 4. The second-order valence-electron chi connectivity index (χ2n) is 13.8. The van der Waals surface area contributed by atoms with Crippen LogP contribution >= 0.6 is 0 Å². The molecule has 0 aromatic carbocycles. The van der Waals surface area contributed by atoms with Gasteiger partial charge in [0.15, 0.2) is 0 Å². The van der Waals surface area contributed by atoms with Crippen molar-refractivity contribution in [1.29, 1.82) is 0 Å². The molecule has 33 heavy (non-hydrogen) atoms. The molecule has 0 aromatic heterocycles. The number of nitrogens with zero attached hydrogens (tertiary/aromatic N) is 2. The Hall–Kier alpha value is -0.830.